The fourth-order valence-corrected chi connectivity index (χ4v) is 9.96. The molecule has 0 bridgehead atoms. The fraction of sp³-hybridized carbons (Fsp3) is 0.687. The SMILES string of the molecule is CC[C@H](C)[C@H](NC(=O)[C@H](CC(C)C)NC(=O)CNC(=O)[C@@H](NC(=O)[C@H](CO)NC(=O)[C@@H](NC(=O)[C@@H](NC(=O)CNC(=O)[C@H](C)NC(=O)[C@H](CCCCN)NC(=O)[C@H](CCC(=O)O)NC(=O)[C@H](CCC(=O)O)NC(=O)[C@H](CCC(N)=O)NC(=O)CNC(C)=O)C(C)C)C(C)C)[C@@H](C)O)C(=O)NCC(=O)NCC(=O)NCC(N)=O. The van der Waals surface area contributed by atoms with Crippen LogP contribution in [0.15, 0.2) is 0 Å². The number of primary amides is 2. The Labute approximate surface area is 646 Å². The highest BCUT2D eigenvalue weighted by atomic mass is 16.4. The number of carboxylic acid groups (broad SMARTS) is 2. The topological polar surface area (TPSA) is 722 Å². The van der Waals surface area contributed by atoms with Crippen molar-refractivity contribution in [2.24, 2.45) is 40.9 Å². The molecule has 45 heteroatoms. The Kier molecular flexibility index (Phi) is 47.5. The molecule has 0 aliphatic carbocycles. The van der Waals surface area contributed by atoms with Crippen LogP contribution in [0.4, 0.5) is 0 Å². The molecule has 0 aromatic rings. The smallest absolute Gasteiger partial charge is 0.303 e. The van der Waals surface area contributed by atoms with Crippen molar-refractivity contribution in [1.82, 2.24) is 90.4 Å². The van der Waals surface area contributed by atoms with E-state index in [4.69, 9.17) is 17.2 Å². The summed E-state index contributed by atoms with van der Waals surface area (Å²) in [6.45, 7) is 11.3. The lowest BCUT2D eigenvalue weighted by Crippen LogP contribution is -2.62. The quantitative estimate of drug-likeness (QED) is 0.0251. The first-order valence-electron chi connectivity index (χ1n) is 36.2. The van der Waals surface area contributed by atoms with E-state index in [0.717, 1.165) is 13.8 Å². The number of carbonyl (C=O) groups is 21. The zero-order valence-corrected chi connectivity index (χ0v) is 64.8. The Morgan fingerprint density at radius 2 is 0.714 bits per heavy atom. The molecule has 0 aliphatic heterocycles. The van der Waals surface area contributed by atoms with Crippen LogP contribution in [0.25, 0.3) is 0 Å². The summed E-state index contributed by atoms with van der Waals surface area (Å²) in [5.41, 5.74) is 15.9. The number of carbonyl (C=O) groups excluding carboxylic acids is 19. The van der Waals surface area contributed by atoms with Crippen molar-refractivity contribution in [2.45, 2.75) is 219 Å². The van der Waals surface area contributed by atoms with Crippen LogP contribution in [0.3, 0.4) is 0 Å². The number of hydrogen-bond donors (Lipinski definition) is 24. The Bertz CT molecular complexity index is 3300. The summed E-state index contributed by atoms with van der Waals surface area (Å²) < 4.78 is 0. The van der Waals surface area contributed by atoms with Gasteiger partial charge in [-0.2, -0.15) is 0 Å². The van der Waals surface area contributed by atoms with Crippen molar-refractivity contribution in [3.05, 3.63) is 0 Å². The predicted molar refractivity (Wildman–Crippen MR) is 392 cm³/mol. The molecule has 0 aromatic carbocycles. The van der Waals surface area contributed by atoms with Crippen LogP contribution in [-0.2, 0) is 101 Å². The van der Waals surface area contributed by atoms with Gasteiger partial charge in [-0.05, 0) is 89.0 Å². The molecule has 0 unspecified atom stereocenters. The zero-order chi connectivity index (χ0) is 85.8. The van der Waals surface area contributed by atoms with Gasteiger partial charge in [0.15, 0.2) is 0 Å². The van der Waals surface area contributed by atoms with Crippen LogP contribution in [0.2, 0.25) is 0 Å². The largest absolute Gasteiger partial charge is 0.481 e. The molecule has 0 spiro atoms. The van der Waals surface area contributed by atoms with Crippen molar-refractivity contribution in [2.75, 3.05) is 52.4 Å². The third-order valence-corrected chi connectivity index (χ3v) is 16.4. The molecule has 0 radical (unpaired) electrons. The fourth-order valence-electron chi connectivity index (χ4n) is 9.96. The van der Waals surface area contributed by atoms with Crippen LogP contribution in [0.5, 0.6) is 0 Å². The van der Waals surface area contributed by atoms with Gasteiger partial charge in [0.25, 0.3) is 0 Å². The zero-order valence-electron chi connectivity index (χ0n) is 64.8. The summed E-state index contributed by atoms with van der Waals surface area (Å²) in [4.78, 5) is 271. The molecule has 0 aliphatic rings. The second kappa shape index (κ2) is 52.8. The third kappa shape index (κ3) is 41.5. The molecule has 27 N–H and O–H groups in total. The van der Waals surface area contributed by atoms with E-state index in [-0.39, 0.29) is 31.7 Å². The third-order valence-electron chi connectivity index (χ3n) is 16.4. The normalized spacial score (nSPS) is 14.4. The highest BCUT2D eigenvalue weighted by Crippen LogP contribution is 2.14. The van der Waals surface area contributed by atoms with E-state index >= 15 is 0 Å². The highest BCUT2D eigenvalue weighted by Gasteiger charge is 2.38. The molecule has 0 rings (SSSR count). The van der Waals surface area contributed by atoms with E-state index in [1.165, 1.54) is 34.6 Å². The molecule has 112 heavy (non-hydrogen) atoms. The summed E-state index contributed by atoms with van der Waals surface area (Å²) >= 11 is 0. The molecule has 19 amide bonds. The van der Waals surface area contributed by atoms with Crippen molar-refractivity contribution in [3.8, 4) is 0 Å². The Hall–Kier alpha value is -11.2. The van der Waals surface area contributed by atoms with Crippen LogP contribution >= 0.6 is 0 Å². The van der Waals surface area contributed by atoms with Gasteiger partial charge in [-0.1, -0.05) is 61.8 Å². The first-order valence-corrected chi connectivity index (χ1v) is 36.2. The van der Waals surface area contributed by atoms with E-state index in [2.05, 4.69) is 90.4 Å². The summed E-state index contributed by atoms with van der Waals surface area (Å²) in [5, 5.41) is 79.4. The number of nitrogens with one attached hydrogen (secondary N) is 17. The number of unbranched alkanes of at least 4 members (excludes halogenated alkanes) is 1. The molecule has 0 fully saturated rings. The van der Waals surface area contributed by atoms with E-state index in [1.54, 1.807) is 27.7 Å². The van der Waals surface area contributed by atoms with Gasteiger partial charge < -0.3 is 128 Å². The number of rotatable bonds is 55. The standard InChI is InChI=1S/C67H114N20O25/c1-12-34(8)55(64(109)75-26-47(94)73-25-46(93)72-24-45(70)92)86-62(107)42(23-31(2)3)79-49(96)28-76-65(110)56(36(10)89)87-63(108)43(30-88)83-66(111)54(33(6)7)85-67(112)53(32(4)5)84-50(97)29-74-57(102)35(9)77-58(103)38(15-13-14-22-68)80-60(105)40(17-20-51(98)99)82-61(106)41(18-21-52(100)101)81-59(104)39(16-19-44(69)91)78-48(95)27-71-37(11)90/h31-36,38-43,53-56,88-89H,12-30,68H2,1-11H3,(H2,69,91)(H2,70,92)(H,71,90)(H,72,93)(H,73,94)(H,74,102)(H,75,109)(H,76,110)(H,77,103)(H,78,95)(H,79,96)(H,80,105)(H,81,104)(H,82,106)(H,83,111)(H,84,97)(H,85,112)(H,86,107)(H,87,108)(H,98,99)(H,100,101)/t34-,35-,36+,38-,39-,40-,41-,42-,43-,53-,54-,55-,56-/m0/s1. The predicted octanol–water partition coefficient (Wildman–Crippen LogP) is -10.6. The minimum absolute atomic E-state index is 0.0172. The summed E-state index contributed by atoms with van der Waals surface area (Å²) in [5.74, 6) is -23.4. The molecule has 0 heterocycles. The van der Waals surface area contributed by atoms with E-state index in [1.807, 2.05) is 0 Å². The van der Waals surface area contributed by atoms with Crippen molar-refractivity contribution < 1.29 is 121 Å². The number of aliphatic hydroxyl groups is 2. The van der Waals surface area contributed by atoms with Gasteiger partial charge in [-0.3, -0.25) is 101 Å². The Morgan fingerprint density at radius 1 is 0.348 bits per heavy atom. The monoisotopic (exact) mass is 1600 g/mol. The van der Waals surface area contributed by atoms with Crippen LogP contribution in [-0.4, -0.2) is 270 Å². The van der Waals surface area contributed by atoms with Gasteiger partial charge >= 0.3 is 11.9 Å². The van der Waals surface area contributed by atoms with Gasteiger partial charge in [0.05, 0.1) is 52.0 Å². The van der Waals surface area contributed by atoms with Crippen molar-refractivity contribution >= 4 is 124 Å². The average molecular weight is 1600 g/mol. The Balaban J connectivity index is 6.21. The van der Waals surface area contributed by atoms with Gasteiger partial charge in [0.2, 0.25) is 112 Å². The average Bonchev–Trinajstić information content (AvgIpc) is 0.864. The van der Waals surface area contributed by atoms with Gasteiger partial charge in [-0.25, -0.2) is 0 Å². The maximum Gasteiger partial charge on any atom is 0.303 e. The maximum absolute atomic E-state index is 14.0. The molecular weight excluding hydrogens is 1480 g/mol. The van der Waals surface area contributed by atoms with Gasteiger partial charge in [-0.15, -0.1) is 0 Å². The lowest BCUT2D eigenvalue weighted by molar-refractivity contribution is -0.140. The van der Waals surface area contributed by atoms with E-state index in [9.17, 15) is 121 Å². The second-order valence-corrected chi connectivity index (χ2v) is 27.4. The minimum atomic E-state index is -1.86. The first-order chi connectivity index (χ1) is 52.3. The molecule has 0 saturated carbocycles. The number of aliphatic hydroxyl groups excluding tert-OH is 2. The highest BCUT2D eigenvalue weighted by molar-refractivity contribution is 6.00. The lowest BCUT2D eigenvalue weighted by Gasteiger charge is -2.29. The van der Waals surface area contributed by atoms with Crippen molar-refractivity contribution in [1.29, 1.82) is 0 Å². The van der Waals surface area contributed by atoms with E-state index in [0.29, 0.717) is 12.8 Å². The Morgan fingerprint density at radius 3 is 1.16 bits per heavy atom. The van der Waals surface area contributed by atoms with Crippen LogP contribution < -0.4 is 108 Å². The number of carboxylic acids is 2. The molecule has 45 nitrogen and oxygen atoms in total. The number of nitrogens with two attached hydrogens (primary N) is 3. The minimum Gasteiger partial charge on any atom is -0.481 e. The first kappa shape index (κ1) is 101. The molecule has 0 saturated heterocycles. The molecule has 13 atom stereocenters. The number of hydrogen-bond acceptors (Lipinski definition) is 24. The number of aliphatic carboxylic acids is 2. The second-order valence-electron chi connectivity index (χ2n) is 27.4. The summed E-state index contributed by atoms with van der Waals surface area (Å²) in [6.07, 6.45) is -4.75. The van der Waals surface area contributed by atoms with Crippen LogP contribution in [0, 0.1) is 23.7 Å². The van der Waals surface area contributed by atoms with Crippen molar-refractivity contribution in [3.63, 3.8) is 0 Å². The summed E-state index contributed by atoms with van der Waals surface area (Å²) in [7, 11) is 0. The van der Waals surface area contributed by atoms with Gasteiger partial charge in [0.1, 0.15) is 66.5 Å². The summed E-state index contributed by atoms with van der Waals surface area (Å²) in [6, 6.07) is -17.4. The van der Waals surface area contributed by atoms with Crippen LogP contribution in [0.1, 0.15) is 147 Å². The molecular formula is C67H114N20O25. The van der Waals surface area contributed by atoms with E-state index < -0.39 is 299 Å². The lowest BCUT2D eigenvalue weighted by atomic mass is 9.96. The molecule has 0 aromatic heterocycles. The maximum atomic E-state index is 14.0. The molecule has 632 valence electrons. The number of amides is 19. The van der Waals surface area contributed by atoms with Gasteiger partial charge in [0, 0.05) is 26.2 Å².